The number of hydrogen-bond donors (Lipinski definition) is 2. The van der Waals surface area contributed by atoms with Gasteiger partial charge in [0.2, 0.25) is 0 Å². The minimum atomic E-state index is -0.230. The number of aliphatic hydroxyl groups is 1. The van der Waals surface area contributed by atoms with Crippen LogP contribution >= 0.6 is 11.6 Å². The molecule has 0 amide bonds. The largest absolute Gasteiger partial charge is 0.393 e. The average molecular weight is 263 g/mol. The molecular weight excluding hydrogens is 248 g/mol. The van der Waals surface area contributed by atoms with Gasteiger partial charge in [-0.1, -0.05) is 29.8 Å². The summed E-state index contributed by atoms with van der Waals surface area (Å²) in [5.41, 5.74) is 3.25. The van der Waals surface area contributed by atoms with Crippen molar-refractivity contribution in [3.63, 3.8) is 0 Å². The van der Waals surface area contributed by atoms with Crippen LogP contribution in [-0.4, -0.2) is 21.2 Å². The van der Waals surface area contributed by atoms with Crippen molar-refractivity contribution in [3.05, 3.63) is 52.1 Å². The van der Waals surface area contributed by atoms with Crippen LogP contribution in [0.4, 0.5) is 0 Å². The Hall–Kier alpha value is -1.32. The molecule has 94 valence electrons. The maximum Gasteiger partial charge on any atom is 0.111 e. The summed E-state index contributed by atoms with van der Waals surface area (Å²) in [7, 11) is 0. The van der Waals surface area contributed by atoms with Gasteiger partial charge in [0.1, 0.15) is 5.82 Å². The Kier molecular flexibility index (Phi) is 3.10. The number of halogens is 1. The van der Waals surface area contributed by atoms with E-state index in [2.05, 4.69) is 9.97 Å². The second-order valence-corrected chi connectivity index (χ2v) is 5.18. The smallest absolute Gasteiger partial charge is 0.111 e. The molecule has 2 aromatic rings. The van der Waals surface area contributed by atoms with Crippen molar-refractivity contribution >= 4 is 11.6 Å². The normalized spacial score (nSPS) is 18.7. The van der Waals surface area contributed by atoms with Crippen molar-refractivity contribution in [2.45, 2.75) is 31.8 Å². The molecule has 1 atom stereocenters. The molecule has 1 unspecified atom stereocenters. The monoisotopic (exact) mass is 262 g/mol. The SMILES string of the molecule is OC1CCc2nc(Cc3ccccc3Cl)[nH]c2C1. The van der Waals surface area contributed by atoms with Crippen molar-refractivity contribution in [2.75, 3.05) is 0 Å². The molecule has 0 saturated carbocycles. The van der Waals surface area contributed by atoms with E-state index in [1.54, 1.807) is 0 Å². The molecule has 0 aliphatic heterocycles. The molecule has 1 aliphatic carbocycles. The second-order valence-electron chi connectivity index (χ2n) is 4.77. The molecule has 0 fully saturated rings. The highest BCUT2D eigenvalue weighted by Gasteiger charge is 2.20. The highest BCUT2D eigenvalue weighted by atomic mass is 35.5. The molecular formula is C14H15ClN2O. The summed E-state index contributed by atoms with van der Waals surface area (Å²) in [5, 5.41) is 10.4. The van der Waals surface area contributed by atoms with E-state index >= 15 is 0 Å². The molecule has 1 heterocycles. The van der Waals surface area contributed by atoms with Gasteiger partial charge in [0.25, 0.3) is 0 Å². The zero-order valence-electron chi connectivity index (χ0n) is 9.99. The lowest BCUT2D eigenvalue weighted by Crippen LogP contribution is -2.18. The summed E-state index contributed by atoms with van der Waals surface area (Å²) in [6.07, 6.45) is 2.83. The molecule has 1 aromatic carbocycles. The number of rotatable bonds is 2. The number of aliphatic hydroxyl groups excluding tert-OH is 1. The van der Waals surface area contributed by atoms with Gasteiger partial charge in [-0.25, -0.2) is 4.98 Å². The predicted molar refractivity (Wildman–Crippen MR) is 70.9 cm³/mol. The first-order valence-corrected chi connectivity index (χ1v) is 6.58. The fraction of sp³-hybridized carbons (Fsp3) is 0.357. The van der Waals surface area contributed by atoms with E-state index in [1.165, 1.54) is 0 Å². The summed E-state index contributed by atoms with van der Waals surface area (Å²) < 4.78 is 0. The number of benzene rings is 1. The maximum atomic E-state index is 9.63. The lowest BCUT2D eigenvalue weighted by molar-refractivity contribution is 0.157. The molecule has 2 N–H and O–H groups in total. The first-order chi connectivity index (χ1) is 8.72. The minimum absolute atomic E-state index is 0.230. The minimum Gasteiger partial charge on any atom is -0.393 e. The number of nitrogens with one attached hydrogen (secondary N) is 1. The van der Waals surface area contributed by atoms with E-state index in [0.29, 0.717) is 12.8 Å². The summed E-state index contributed by atoms with van der Waals surface area (Å²) >= 11 is 6.14. The van der Waals surface area contributed by atoms with Crippen LogP contribution < -0.4 is 0 Å². The summed E-state index contributed by atoms with van der Waals surface area (Å²) in [6, 6.07) is 7.81. The predicted octanol–water partition coefficient (Wildman–Crippen LogP) is 2.50. The van der Waals surface area contributed by atoms with Gasteiger partial charge in [0.05, 0.1) is 11.8 Å². The highest BCUT2D eigenvalue weighted by Crippen LogP contribution is 2.22. The molecule has 18 heavy (non-hydrogen) atoms. The van der Waals surface area contributed by atoms with Crippen LogP contribution in [0.2, 0.25) is 5.02 Å². The zero-order valence-corrected chi connectivity index (χ0v) is 10.7. The zero-order chi connectivity index (χ0) is 12.5. The standard InChI is InChI=1S/C14H15ClN2O/c15-11-4-2-1-3-9(11)7-14-16-12-6-5-10(18)8-13(12)17-14/h1-4,10,18H,5-8H2,(H,16,17). The van der Waals surface area contributed by atoms with Gasteiger partial charge in [-0.15, -0.1) is 0 Å². The Morgan fingerprint density at radius 2 is 2.22 bits per heavy atom. The second kappa shape index (κ2) is 4.75. The third kappa shape index (κ3) is 2.28. The number of imidazole rings is 1. The molecule has 1 aromatic heterocycles. The first-order valence-electron chi connectivity index (χ1n) is 6.20. The van der Waals surface area contributed by atoms with Crippen molar-refractivity contribution in [3.8, 4) is 0 Å². The molecule has 4 heteroatoms. The number of nitrogens with zero attached hydrogens (tertiary/aromatic N) is 1. The first kappa shape index (κ1) is 11.8. The van der Waals surface area contributed by atoms with E-state index in [9.17, 15) is 5.11 Å². The lowest BCUT2D eigenvalue weighted by Gasteiger charge is -2.14. The van der Waals surface area contributed by atoms with Gasteiger partial charge >= 0.3 is 0 Å². The summed E-state index contributed by atoms with van der Waals surface area (Å²) in [6.45, 7) is 0. The van der Waals surface area contributed by atoms with Gasteiger partial charge in [-0.2, -0.15) is 0 Å². The fourth-order valence-electron chi connectivity index (χ4n) is 2.43. The van der Waals surface area contributed by atoms with Crippen LogP contribution in [0.5, 0.6) is 0 Å². The van der Waals surface area contributed by atoms with Crippen LogP contribution in [0.25, 0.3) is 0 Å². The number of H-pyrrole nitrogens is 1. The van der Waals surface area contributed by atoms with Crippen molar-refractivity contribution < 1.29 is 5.11 Å². The van der Waals surface area contributed by atoms with E-state index in [-0.39, 0.29) is 6.10 Å². The summed E-state index contributed by atoms with van der Waals surface area (Å²) in [4.78, 5) is 7.91. The Labute approximate surface area is 111 Å². The van der Waals surface area contributed by atoms with Crippen molar-refractivity contribution in [2.24, 2.45) is 0 Å². The molecule has 0 saturated heterocycles. The number of fused-ring (bicyclic) bond motifs is 1. The number of aromatic nitrogens is 2. The van der Waals surface area contributed by atoms with Gasteiger partial charge in [0, 0.05) is 23.6 Å². The average Bonchev–Trinajstić information content (AvgIpc) is 2.73. The Bertz CT molecular complexity index is 565. The van der Waals surface area contributed by atoms with Crippen LogP contribution in [0.1, 0.15) is 29.2 Å². The quantitative estimate of drug-likeness (QED) is 0.874. The third-order valence-corrected chi connectivity index (χ3v) is 3.75. The molecule has 3 nitrogen and oxygen atoms in total. The summed E-state index contributed by atoms with van der Waals surface area (Å²) in [5.74, 6) is 0.933. The Morgan fingerprint density at radius 1 is 1.39 bits per heavy atom. The van der Waals surface area contributed by atoms with Crippen LogP contribution in [0.15, 0.2) is 24.3 Å². The third-order valence-electron chi connectivity index (χ3n) is 3.38. The molecule has 0 spiro atoms. The number of aryl methyl sites for hydroxylation is 1. The highest BCUT2D eigenvalue weighted by molar-refractivity contribution is 6.31. The van der Waals surface area contributed by atoms with Gasteiger partial charge in [0.15, 0.2) is 0 Å². The number of aromatic amines is 1. The van der Waals surface area contributed by atoms with Crippen molar-refractivity contribution in [1.82, 2.24) is 9.97 Å². The van der Waals surface area contributed by atoms with Gasteiger partial charge < -0.3 is 10.1 Å². The van der Waals surface area contributed by atoms with Crippen LogP contribution in [0, 0.1) is 0 Å². The van der Waals surface area contributed by atoms with Gasteiger partial charge in [-0.05, 0) is 24.5 Å². The molecule has 3 rings (SSSR count). The topological polar surface area (TPSA) is 48.9 Å². The van der Waals surface area contributed by atoms with Crippen LogP contribution in [0.3, 0.4) is 0 Å². The van der Waals surface area contributed by atoms with Crippen LogP contribution in [-0.2, 0) is 19.3 Å². The number of hydrogen-bond acceptors (Lipinski definition) is 2. The Morgan fingerprint density at radius 3 is 3.06 bits per heavy atom. The van der Waals surface area contributed by atoms with E-state index in [0.717, 1.165) is 40.6 Å². The van der Waals surface area contributed by atoms with E-state index < -0.39 is 0 Å². The molecule has 1 aliphatic rings. The lowest BCUT2D eigenvalue weighted by atomic mass is 9.99. The Balaban J connectivity index is 1.84. The maximum absolute atomic E-state index is 9.63. The van der Waals surface area contributed by atoms with E-state index in [4.69, 9.17) is 11.6 Å². The fourth-order valence-corrected chi connectivity index (χ4v) is 2.63. The van der Waals surface area contributed by atoms with Crippen molar-refractivity contribution in [1.29, 1.82) is 0 Å². The van der Waals surface area contributed by atoms with E-state index in [1.807, 2.05) is 24.3 Å². The molecule has 0 radical (unpaired) electrons. The van der Waals surface area contributed by atoms with Gasteiger partial charge in [-0.3, -0.25) is 0 Å². The molecule has 0 bridgehead atoms.